The summed E-state index contributed by atoms with van der Waals surface area (Å²) in [6.07, 6.45) is 1.54. The number of hydrogen-bond acceptors (Lipinski definition) is 7. The molecule has 3 heterocycles. The Hall–Kier alpha value is -4.01. The van der Waals surface area contributed by atoms with E-state index in [1.165, 1.54) is 6.33 Å². The van der Waals surface area contributed by atoms with Crippen LogP contribution in [0.15, 0.2) is 60.9 Å². The topological polar surface area (TPSA) is 91.0 Å². The zero-order valence-electron chi connectivity index (χ0n) is 19.1. The number of hydrogen-bond donors (Lipinski definition) is 1. The molecular formula is C26H18Cl2N4O4. The van der Waals surface area contributed by atoms with Gasteiger partial charge < -0.3 is 19.3 Å². The van der Waals surface area contributed by atoms with Crippen LogP contribution in [0.3, 0.4) is 0 Å². The van der Waals surface area contributed by atoms with E-state index < -0.39 is 0 Å². The molecule has 6 rings (SSSR count). The number of phenols is 1. The van der Waals surface area contributed by atoms with Gasteiger partial charge in [-0.15, -0.1) is 5.10 Å². The number of phenolic OH excluding ortho intramolecular Hbond substituents is 1. The number of aromatic nitrogens is 4. The molecule has 1 N–H and O–H groups in total. The van der Waals surface area contributed by atoms with Crippen molar-refractivity contribution in [3.05, 3.63) is 87.7 Å². The van der Waals surface area contributed by atoms with Crippen LogP contribution in [0.2, 0.25) is 10.0 Å². The van der Waals surface area contributed by atoms with Crippen molar-refractivity contribution in [1.82, 2.24) is 19.6 Å². The monoisotopic (exact) mass is 520 g/mol. The maximum atomic E-state index is 10.1. The van der Waals surface area contributed by atoms with Gasteiger partial charge in [0.1, 0.15) is 17.8 Å². The van der Waals surface area contributed by atoms with Gasteiger partial charge in [-0.3, -0.25) is 0 Å². The molecule has 1 atom stereocenters. The van der Waals surface area contributed by atoms with Gasteiger partial charge in [0, 0.05) is 28.1 Å². The molecule has 1 unspecified atom stereocenters. The first-order valence-electron chi connectivity index (χ1n) is 10.9. The van der Waals surface area contributed by atoms with Crippen molar-refractivity contribution in [2.75, 3.05) is 14.2 Å². The third kappa shape index (κ3) is 3.57. The number of aromatic hydroxyl groups is 1. The fourth-order valence-electron chi connectivity index (χ4n) is 4.47. The molecule has 0 bridgehead atoms. The van der Waals surface area contributed by atoms with Gasteiger partial charge in [0.25, 0.3) is 0 Å². The van der Waals surface area contributed by atoms with Crippen LogP contribution < -0.4 is 14.2 Å². The van der Waals surface area contributed by atoms with Crippen molar-refractivity contribution < 1.29 is 19.3 Å². The molecule has 0 amide bonds. The fourth-order valence-corrected chi connectivity index (χ4v) is 4.96. The Labute approximate surface area is 215 Å². The van der Waals surface area contributed by atoms with Gasteiger partial charge in [-0.25, -0.2) is 14.5 Å². The maximum absolute atomic E-state index is 10.1. The molecule has 0 fully saturated rings. The molecule has 0 spiro atoms. The van der Waals surface area contributed by atoms with Gasteiger partial charge in [-0.1, -0.05) is 35.3 Å². The largest absolute Gasteiger partial charge is 0.508 e. The van der Waals surface area contributed by atoms with E-state index in [-0.39, 0.29) is 11.7 Å². The van der Waals surface area contributed by atoms with Crippen molar-refractivity contribution >= 4 is 28.8 Å². The highest BCUT2D eigenvalue weighted by Crippen LogP contribution is 2.49. The Balaban J connectivity index is 1.61. The molecule has 3 aromatic carbocycles. The highest BCUT2D eigenvalue weighted by atomic mass is 35.5. The molecule has 36 heavy (non-hydrogen) atoms. The van der Waals surface area contributed by atoms with Crippen molar-refractivity contribution in [2.24, 2.45) is 0 Å². The van der Waals surface area contributed by atoms with E-state index in [2.05, 4.69) is 10.1 Å². The van der Waals surface area contributed by atoms with E-state index in [1.54, 1.807) is 49.1 Å². The molecule has 0 aliphatic carbocycles. The van der Waals surface area contributed by atoms with Gasteiger partial charge >= 0.3 is 0 Å². The maximum Gasteiger partial charge on any atom is 0.228 e. The average Bonchev–Trinajstić information content (AvgIpc) is 3.31. The predicted molar refractivity (Wildman–Crippen MR) is 135 cm³/mol. The minimum atomic E-state index is -0.349. The zero-order chi connectivity index (χ0) is 25.0. The average molecular weight is 521 g/mol. The predicted octanol–water partition coefficient (Wildman–Crippen LogP) is 6.11. The SMILES string of the molecule is COc1ccc(C2c3ccc(O)cc3Oc3ncn4nc(-c5ccc(Cl)cc5Cl)nc4c32)cc1OC. The summed E-state index contributed by atoms with van der Waals surface area (Å²) in [5.41, 5.74) is 3.64. The van der Waals surface area contributed by atoms with Crippen molar-refractivity contribution in [3.8, 4) is 40.3 Å². The zero-order valence-corrected chi connectivity index (χ0v) is 20.6. The van der Waals surface area contributed by atoms with Crippen LogP contribution >= 0.6 is 23.2 Å². The molecule has 0 saturated carbocycles. The summed E-state index contributed by atoms with van der Waals surface area (Å²) in [4.78, 5) is 9.35. The van der Waals surface area contributed by atoms with Crippen LogP contribution in [-0.2, 0) is 0 Å². The lowest BCUT2D eigenvalue weighted by Gasteiger charge is -2.28. The van der Waals surface area contributed by atoms with E-state index in [0.29, 0.717) is 55.8 Å². The second-order valence-electron chi connectivity index (χ2n) is 8.16. The number of fused-ring (bicyclic) bond motifs is 4. The molecule has 2 aromatic heterocycles. The van der Waals surface area contributed by atoms with Crippen LogP contribution in [0.25, 0.3) is 17.0 Å². The second kappa shape index (κ2) is 8.58. The second-order valence-corrected chi connectivity index (χ2v) is 9.01. The molecular weight excluding hydrogens is 503 g/mol. The van der Waals surface area contributed by atoms with Gasteiger partial charge in [0.05, 0.1) is 24.8 Å². The number of halogens is 2. The van der Waals surface area contributed by atoms with E-state index in [0.717, 1.165) is 11.1 Å². The van der Waals surface area contributed by atoms with Crippen LogP contribution in [-0.4, -0.2) is 38.9 Å². The lowest BCUT2D eigenvalue weighted by Crippen LogP contribution is -2.15. The number of benzene rings is 3. The molecule has 180 valence electrons. The Morgan fingerprint density at radius 2 is 1.81 bits per heavy atom. The molecule has 8 nitrogen and oxygen atoms in total. The first kappa shape index (κ1) is 22.5. The van der Waals surface area contributed by atoms with Crippen molar-refractivity contribution in [1.29, 1.82) is 0 Å². The van der Waals surface area contributed by atoms with E-state index in [9.17, 15) is 5.11 Å². The summed E-state index contributed by atoms with van der Waals surface area (Å²) in [5.74, 6) is 2.22. The summed E-state index contributed by atoms with van der Waals surface area (Å²) >= 11 is 12.5. The molecule has 10 heteroatoms. The van der Waals surface area contributed by atoms with Crippen LogP contribution in [0.4, 0.5) is 0 Å². The van der Waals surface area contributed by atoms with Crippen LogP contribution in [0, 0.1) is 0 Å². The summed E-state index contributed by atoms with van der Waals surface area (Å²) in [6.45, 7) is 0. The number of nitrogens with zero attached hydrogens (tertiary/aromatic N) is 4. The smallest absolute Gasteiger partial charge is 0.228 e. The van der Waals surface area contributed by atoms with Crippen LogP contribution in [0.5, 0.6) is 28.9 Å². The molecule has 0 radical (unpaired) electrons. The Morgan fingerprint density at radius 3 is 2.58 bits per heavy atom. The summed E-state index contributed by atoms with van der Waals surface area (Å²) in [5, 5.41) is 15.7. The normalized spacial score (nSPS) is 14.2. The van der Waals surface area contributed by atoms with Gasteiger partial charge in [-0.2, -0.15) is 0 Å². The first-order chi connectivity index (χ1) is 17.5. The Kier molecular flexibility index (Phi) is 5.35. The summed E-state index contributed by atoms with van der Waals surface area (Å²) in [7, 11) is 3.18. The first-order valence-corrected chi connectivity index (χ1v) is 11.7. The molecule has 1 aliphatic heterocycles. The number of methoxy groups -OCH3 is 2. The van der Waals surface area contributed by atoms with E-state index in [4.69, 9.17) is 42.4 Å². The highest BCUT2D eigenvalue weighted by Gasteiger charge is 2.34. The van der Waals surface area contributed by atoms with Crippen molar-refractivity contribution in [3.63, 3.8) is 0 Å². The van der Waals surface area contributed by atoms with Crippen molar-refractivity contribution in [2.45, 2.75) is 5.92 Å². The standard InChI is InChI=1S/C26H18Cl2N4O4/c1-34-19-8-3-13(9-21(19)35-2)22-17-7-5-15(33)11-20(17)36-26-23(22)25-30-24(31-32(25)12-29-26)16-6-4-14(27)10-18(16)28/h3-12,22,33H,1-2H3. The molecule has 1 aliphatic rings. The van der Waals surface area contributed by atoms with Gasteiger partial charge in [0.15, 0.2) is 23.0 Å². The lowest BCUT2D eigenvalue weighted by molar-refractivity contribution is 0.354. The minimum Gasteiger partial charge on any atom is -0.508 e. The summed E-state index contributed by atoms with van der Waals surface area (Å²) in [6, 6.07) is 15.9. The van der Waals surface area contributed by atoms with E-state index in [1.807, 2.05) is 24.3 Å². The van der Waals surface area contributed by atoms with Crippen LogP contribution in [0.1, 0.15) is 22.6 Å². The third-order valence-electron chi connectivity index (χ3n) is 6.10. The third-order valence-corrected chi connectivity index (χ3v) is 6.65. The fraction of sp³-hybridized carbons (Fsp3) is 0.115. The van der Waals surface area contributed by atoms with Gasteiger partial charge in [0.2, 0.25) is 5.88 Å². The number of ether oxygens (including phenoxy) is 3. The number of rotatable bonds is 4. The molecule has 5 aromatic rings. The van der Waals surface area contributed by atoms with E-state index >= 15 is 0 Å². The lowest BCUT2D eigenvalue weighted by atomic mass is 9.83. The quantitative estimate of drug-likeness (QED) is 0.300. The highest BCUT2D eigenvalue weighted by molar-refractivity contribution is 6.36. The Morgan fingerprint density at radius 1 is 0.972 bits per heavy atom. The Bertz CT molecular complexity index is 1650. The van der Waals surface area contributed by atoms with Gasteiger partial charge in [-0.05, 0) is 42.0 Å². The molecule has 0 saturated heterocycles. The summed E-state index contributed by atoms with van der Waals surface area (Å²) < 4.78 is 18.7. The minimum absolute atomic E-state index is 0.0893.